The summed E-state index contributed by atoms with van der Waals surface area (Å²) >= 11 is 0. The normalized spacial score (nSPS) is 9.67. The Morgan fingerprint density at radius 3 is 2.44 bits per heavy atom. The summed E-state index contributed by atoms with van der Waals surface area (Å²) in [5.74, 6) is 0. The van der Waals surface area contributed by atoms with Crippen LogP contribution in [0.15, 0.2) is 6.33 Å². The van der Waals surface area contributed by atoms with Gasteiger partial charge in [-0.25, -0.2) is 0 Å². The number of aromatic amines is 1. The van der Waals surface area contributed by atoms with Gasteiger partial charge in [0.05, 0.1) is 0 Å². The quantitative estimate of drug-likeness (QED) is 0.548. The van der Waals surface area contributed by atoms with E-state index in [2.05, 4.69) is 5.10 Å². The fourth-order valence-corrected chi connectivity index (χ4v) is 0.276. The first-order valence-electron chi connectivity index (χ1n) is 1.87. The molecule has 0 bridgehead atoms. The molecule has 0 saturated carbocycles. The second-order valence-corrected chi connectivity index (χ2v) is 1.13. The molecule has 1 aromatic rings. The molecule has 0 fully saturated rings. The van der Waals surface area contributed by atoms with Gasteiger partial charge in [0, 0.05) is 10.0 Å². The molecule has 0 saturated heterocycles. The highest BCUT2D eigenvalue weighted by atomic mass is 19.2. The van der Waals surface area contributed by atoms with E-state index >= 15 is 0 Å². The third kappa shape index (κ3) is 0.902. The summed E-state index contributed by atoms with van der Waals surface area (Å²) < 4.78 is 35.2. The highest BCUT2D eigenvalue weighted by molar-refractivity contribution is 4.32. The third-order valence-corrected chi connectivity index (χ3v) is 0.596. The van der Waals surface area contributed by atoms with Gasteiger partial charge in [-0.2, -0.15) is 5.21 Å². The van der Waals surface area contributed by atoms with E-state index in [-0.39, 0.29) is 0 Å². The number of nitrogens with zero attached hydrogens (tertiary/aromatic N) is 4. The van der Waals surface area contributed by atoms with E-state index in [9.17, 15) is 13.4 Å². The molecule has 0 amide bonds. The van der Waals surface area contributed by atoms with Gasteiger partial charge in [0.15, 0.2) is 6.33 Å². The number of halogens is 3. The van der Waals surface area contributed by atoms with Crippen LogP contribution < -0.4 is 0 Å². The van der Waals surface area contributed by atoms with E-state index in [1.165, 1.54) is 5.21 Å². The van der Waals surface area contributed by atoms with Crippen LogP contribution in [-0.2, 0) is 0 Å². The average Bonchev–Trinajstić information content (AvgIpc) is 1.83. The summed E-state index contributed by atoms with van der Waals surface area (Å²) in [7, 11) is 0. The van der Waals surface area contributed by atoms with Crippen molar-refractivity contribution in [2.45, 2.75) is 0 Å². The van der Waals surface area contributed by atoms with Gasteiger partial charge in [0.1, 0.15) is 0 Å². The molecule has 1 N–H and O–H groups in total. The number of nitrogens with one attached hydrogen (secondary N) is 1. The largest absolute Gasteiger partial charge is 0.172 e. The first-order valence-corrected chi connectivity index (χ1v) is 1.87. The zero-order valence-corrected chi connectivity index (χ0v) is 4.00. The van der Waals surface area contributed by atoms with E-state index in [1.54, 1.807) is 0 Å². The van der Waals surface area contributed by atoms with Crippen molar-refractivity contribution in [2.24, 2.45) is 0 Å². The van der Waals surface area contributed by atoms with Crippen LogP contribution in [0, 0.1) is 0 Å². The van der Waals surface area contributed by atoms with Crippen LogP contribution in [0.4, 0.5) is 13.4 Å². The van der Waals surface area contributed by atoms with Gasteiger partial charge in [-0.15, -0.1) is 5.10 Å². The number of hydrogen-bond donors (Lipinski definition) is 1. The van der Waals surface area contributed by atoms with Crippen molar-refractivity contribution < 1.29 is 13.4 Å². The van der Waals surface area contributed by atoms with Crippen molar-refractivity contribution >= 4 is 0 Å². The first kappa shape index (κ1) is 5.79. The number of H-pyrrole nitrogens is 1. The van der Waals surface area contributed by atoms with E-state index in [4.69, 9.17) is 0 Å². The fourth-order valence-electron chi connectivity index (χ4n) is 0.276. The zero-order chi connectivity index (χ0) is 6.85. The molecule has 0 aromatic carbocycles. The molecule has 8 heteroatoms. The lowest BCUT2D eigenvalue weighted by molar-refractivity contribution is -0.0153. The Labute approximate surface area is 46.3 Å². The molecule has 52 valence electrons. The van der Waals surface area contributed by atoms with E-state index in [0.717, 1.165) is 0 Å². The fraction of sp³-hybridized carbons (Fsp3) is 0. The lowest BCUT2D eigenvalue weighted by Gasteiger charge is -1.98. The summed E-state index contributed by atoms with van der Waals surface area (Å²) in [6.45, 7) is 0. The molecule has 9 heavy (non-hydrogen) atoms. The van der Waals surface area contributed by atoms with Crippen LogP contribution in [0.5, 0.6) is 0 Å². The minimum atomic E-state index is -0.951. The van der Waals surface area contributed by atoms with E-state index in [1.807, 2.05) is 0 Å². The van der Waals surface area contributed by atoms with Crippen LogP contribution in [0.3, 0.4) is 0 Å². The Balaban J connectivity index is 3.25. The number of hydrogen-bond acceptors (Lipinski definition) is 1. The Morgan fingerprint density at radius 2 is 2.00 bits per heavy atom. The van der Waals surface area contributed by atoms with Crippen molar-refractivity contribution in [1.29, 1.82) is 0 Å². The molecule has 0 atom stereocenters. The predicted molar refractivity (Wildman–Crippen MR) is 19.7 cm³/mol. The maximum atomic E-state index is 11.8. The molecule has 1 heterocycles. The smallest absolute Gasteiger partial charge is 0.169 e. The molecule has 0 aliphatic rings. The first-order chi connectivity index (χ1) is 4.22. The van der Waals surface area contributed by atoms with Crippen molar-refractivity contribution in [3.05, 3.63) is 6.33 Å². The van der Waals surface area contributed by atoms with Crippen molar-refractivity contribution in [3.8, 4) is 0 Å². The molecular formula is CH2F3N5. The summed E-state index contributed by atoms with van der Waals surface area (Å²) in [5, 5.41) is 2.57. The molecule has 0 unspecified atom stereocenters. The Bertz CT molecular complexity index is 203. The highest BCUT2D eigenvalue weighted by Gasteiger charge is 1.95. The van der Waals surface area contributed by atoms with Crippen LogP contribution >= 0.6 is 0 Å². The summed E-state index contributed by atoms with van der Waals surface area (Å²) in [6, 6.07) is 0. The Morgan fingerprint density at radius 1 is 1.33 bits per heavy atom. The molecule has 1 rings (SSSR count). The monoisotopic (exact) mass is 141 g/mol. The second kappa shape index (κ2) is 1.88. The van der Waals surface area contributed by atoms with E-state index in [0.29, 0.717) is 6.33 Å². The van der Waals surface area contributed by atoms with Crippen molar-refractivity contribution in [2.75, 3.05) is 0 Å². The standard InChI is InChI=1S/CH2F3N5/c2-7-1-5-6-8(3)9(7)4/h1,6H. The molecular weight excluding hydrogens is 139 g/mol. The predicted octanol–water partition coefficient (Wildman–Crippen LogP) is 0.136. The summed E-state index contributed by atoms with van der Waals surface area (Å²) in [5.41, 5.74) is 0. The van der Waals surface area contributed by atoms with E-state index < -0.39 is 14.9 Å². The third-order valence-electron chi connectivity index (χ3n) is 0.596. The van der Waals surface area contributed by atoms with Gasteiger partial charge in [0.25, 0.3) is 0 Å². The van der Waals surface area contributed by atoms with Gasteiger partial charge in [-0.1, -0.05) is 18.3 Å². The minimum absolute atomic E-state index is 0.413. The van der Waals surface area contributed by atoms with Gasteiger partial charge >= 0.3 is 0 Å². The molecule has 0 aliphatic carbocycles. The highest BCUT2D eigenvalue weighted by Crippen LogP contribution is 1.84. The van der Waals surface area contributed by atoms with Crippen LogP contribution in [0.1, 0.15) is 0 Å². The Kier molecular flexibility index (Phi) is 1.21. The molecule has 0 aliphatic heterocycles. The van der Waals surface area contributed by atoms with Gasteiger partial charge in [-0.3, -0.25) is 0 Å². The van der Waals surface area contributed by atoms with Crippen molar-refractivity contribution in [3.63, 3.8) is 0 Å². The maximum absolute atomic E-state index is 11.8. The lowest BCUT2D eigenvalue weighted by atomic mass is 11.4. The van der Waals surface area contributed by atoms with Gasteiger partial charge in [-0.05, 0) is 0 Å². The van der Waals surface area contributed by atoms with Crippen molar-refractivity contribution in [1.82, 2.24) is 25.3 Å². The lowest BCUT2D eigenvalue weighted by Crippen LogP contribution is -2.15. The SMILES string of the molecule is Fn1cn[nH]n(F)n1F. The molecule has 5 nitrogen and oxygen atoms in total. The zero-order valence-electron chi connectivity index (χ0n) is 4.00. The van der Waals surface area contributed by atoms with Crippen LogP contribution in [-0.4, -0.2) is 25.3 Å². The molecule has 0 spiro atoms. The number of aromatic nitrogens is 5. The average molecular weight is 141 g/mol. The maximum Gasteiger partial charge on any atom is 0.172 e. The van der Waals surface area contributed by atoms with Crippen LogP contribution in [0.25, 0.3) is 0 Å². The number of rotatable bonds is 0. The second-order valence-electron chi connectivity index (χ2n) is 1.13. The molecule has 0 radical (unpaired) electrons. The summed E-state index contributed by atoms with van der Waals surface area (Å²) in [6.07, 6.45) is 0.413. The summed E-state index contributed by atoms with van der Waals surface area (Å²) in [4.78, 5) is -0.684. The molecule has 1 aromatic heterocycles. The van der Waals surface area contributed by atoms with Crippen LogP contribution in [0.2, 0.25) is 0 Å². The van der Waals surface area contributed by atoms with Gasteiger partial charge in [0.2, 0.25) is 0 Å². The van der Waals surface area contributed by atoms with Gasteiger partial charge < -0.3 is 0 Å². The topological polar surface area (TPSA) is 43.5 Å². The Hall–Kier alpha value is -1.34. The minimum Gasteiger partial charge on any atom is -0.169 e.